The average molecular weight is 245 g/mol. The molecule has 100 valence electrons. The molecule has 0 aliphatic carbocycles. The van der Waals surface area contributed by atoms with Crippen molar-refractivity contribution in [2.24, 2.45) is 16.8 Å². The van der Waals surface area contributed by atoms with Crippen molar-refractivity contribution in [2.75, 3.05) is 20.7 Å². The molecule has 2 atom stereocenters. The third kappa shape index (κ3) is 6.11. The molecule has 6 nitrogen and oxygen atoms in total. The highest BCUT2D eigenvalue weighted by atomic mass is 16.5. The summed E-state index contributed by atoms with van der Waals surface area (Å²) in [7, 11) is 3.33. The molecular weight excluding hydrogens is 222 g/mol. The molecule has 0 rings (SSSR count). The van der Waals surface area contributed by atoms with E-state index < -0.39 is 0 Å². The van der Waals surface area contributed by atoms with Gasteiger partial charge in [-0.2, -0.15) is 0 Å². The summed E-state index contributed by atoms with van der Waals surface area (Å²) < 4.78 is 5.07. The van der Waals surface area contributed by atoms with Gasteiger partial charge in [-0.1, -0.05) is 12.1 Å². The van der Waals surface area contributed by atoms with Crippen molar-refractivity contribution in [3.63, 3.8) is 0 Å². The normalized spacial score (nSPS) is 15.4. The number of ether oxygens (including phenoxy) is 1. The zero-order valence-electron chi connectivity index (χ0n) is 11.0. The fourth-order valence-corrected chi connectivity index (χ4v) is 1.34. The minimum Gasteiger partial charge on any atom is -0.409 e. The number of nitrogens with two attached hydrogens (primary N) is 1. The first kappa shape index (κ1) is 15.7. The SMILES string of the molecule is COC(C)CCC(=O)N(C)CC(C)C(N)=NO. The highest BCUT2D eigenvalue weighted by Crippen LogP contribution is 2.05. The van der Waals surface area contributed by atoms with Crippen molar-refractivity contribution in [1.29, 1.82) is 0 Å². The standard InChI is InChI=1S/C11H23N3O3/c1-8(11(12)13-16)7-14(3)10(15)6-5-9(2)17-4/h8-9,16H,5-7H2,1-4H3,(H2,12,13). The van der Waals surface area contributed by atoms with E-state index >= 15 is 0 Å². The van der Waals surface area contributed by atoms with Gasteiger partial charge in [0.2, 0.25) is 5.91 Å². The Hall–Kier alpha value is -1.30. The van der Waals surface area contributed by atoms with E-state index in [0.29, 0.717) is 19.4 Å². The number of carbonyl (C=O) groups is 1. The predicted octanol–water partition coefficient (Wildman–Crippen LogP) is 0.642. The van der Waals surface area contributed by atoms with Crippen LogP contribution < -0.4 is 5.73 Å². The first-order valence-corrected chi connectivity index (χ1v) is 5.66. The fraction of sp³-hybridized carbons (Fsp3) is 0.818. The van der Waals surface area contributed by atoms with Crippen LogP contribution in [-0.2, 0) is 9.53 Å². The second kappa shape index (κ2) is 7.89. The van der Waals surface area contributed by atoms with E-state index in [-0.39, 0.29) is 23.8 Å². The monoisotopic (exact) mass is 245 g/mol. The molecule has 0 bridgehead atoms. The Morgan fingerprint density at radius 1 is 1.53 bits per heavy atom. The highest BCUT2D eigenvalue weighted by molar-refractivity contribution is 5.83. The molecule has 6 heteroatoms. The molecule has 0 aromatic rings. The summed E-state index contributed by atoms with van der Waals surface area (Å²) in [5, 5.41) is 11.4. The first-order chi connectivity index (χ1) is 7.92. The molecule has 17 heavy (non-hydrogen) atoms. The molecule has 0 radical (unpaired) electrons. The van der Waals surface area contributed by atoms with E-state index in [1.54, 1.807) is 26.0 Å². The molecule has 0 aliphatic rings. The van der Waals surface area contributed by atoms with Crippen molar-refractivity contribution in [3.8, 4) is 0 Å². The van der Waals surface area contributed by atoms with Crippen LogP contribution in [0.3, 0.4) is 0 Å². The number of amidine groups is 1. The van der Waals surface area contributed by atoms with E-state index in [9.17, 15) is 4.79 Å². The lowest BCUT2D eigenvalue weighted by atomic mass is 10.1. The smallest absolute Gasteiger partial charge is 0.222 e. The summed E-state index contributed by atoms with van der Waals surface area (Å²) in [4.78, 5) is 13.3. The summed E-state index contributed by atoms with van der Waals surface area (Å²) in [6, 6.07) is 0. The Balaban J connectivity index is 4.05. The van der Waals surface area contributed by atoms with Crippen molar-refractivity contribution in [1.82, 2.24) is 4.90 Å². The van der Waals surface area contributed by atoms with Crippen molar-refractivity contribution < 1.29 is 14.7 Å². The van der Waals surface area contributed by atoms with E-state index in [0.717, 1.165) is 0 Å². The summed E-state index contributed by atoms with van der Waals surface area (Å²) in [5.74, 6) is 0.00944. The number of methoxy groups -OCH3 is 1. The second-order valence-corrected chi connectivity index (χ2v) is 4.29. The predicted molar refractivity (Wildman–Crippen MR) is 65.9 cm³/mol. The molecule has 1 amide bonds. The Labute approximate surface area is 102 Å². The van der Waals surface area contributed by atoms with Crippen LogP contribution in [0.25, 0.3) is 0 Å². The zero-order valence-corrected chi connectivity index (χ0v) is 11.0. The fourth-order valence-electron chi connectivity index (χ4n) is 1.34. The Morgan fingerprint density at radius 2 is 2.12 bits per heavy atom. The highest BCUT2D eigenvalue weighted by Gasteiger charge is 2.15. The van der Waals surface area contributed by atoms with E-state index in [2.05, 4.69) is 5.16 Å². The van der Waals surface area contributed by atoms with Crippen LogP contribution in [-0.4, -0.2) is 48.7 Å². The molecule has 0 aromatic carbocycles. The maximum atomic E-state index is 11.7. The van der Waals surface area contributed by atoms with Crippen LogP contribution in [0, 0.1) is 5.92 Å². The molecule has 0 fully saturated rings. The topological polar surface area (TPSA) is 88.2 Å². The van der Waals surface area contributed by atoms with Crippen molar-refractivity contribution in [3.05, 3.63) is 0 Å². The lowest BCUT2D eigenvalue weighted by Gasteiger charge is -2.21. The van der Waals surface area contributed by atoms with E-state index in [1.165, 1.54) is 0 Å². The third-order valence-corrected chi connectivity index (χ3v) is 2.76. The van der Waals surface area contributed by atoms with E-state index in [1.807, 2.05) is 6.92 Å². The Morgan fingerprint density at radius 3 is 2.59 bits per heavy atom. The molecule has 3 N–H and O–H groups in total. The van der Waals surface area contributed by atoms with Gasteiger partial charge in [-0.3, -0.25) is 4.79 Å². The molecular formula is C11H23N3O3. The van der Waals surface area contributed by atoms with Gasteiger partial charge < -0.3 is 20.6 Å². The van der Waals surface area contributed by atoms with Gasteiger partial charge in [-0.15, -0.1) is 0 Å². The van der Waals surface area contributed by atoms with Gasteiger partial charge in [-0.25, -0.2) is 0 Å². The minimum atomic E-state index is -0.159. The Bertz CT molecular complexity index is 269. The molecule has 0 aliphatic heterocycles. The summed E-state index contributed by atoms with van der Waals surface area (Å²) >= 11 is 0. The number of nitrogens with zero attached hydrogens (tertiary/aromatic N) is 2. The van der Waals surface area contributed by atoms with Gasteiger partial charge in [0.15, 0.2) is 0 Å². The Kier molecular flexibility index (Phi) is 7.29. The second-order valence-electron chi connectivity index (χ2n) is 4.29. The summed E-state index contributed by atoms with van der Waals surface area (Å²) in [6.45, 7) is 4.17. The molecule has 0 spiro atoms. The molecule has 0 aromatic heterocycles. The average Bonchev–Trinajstić information content (AvgIpc) is 2.33. The van der Waals surface area contributed by atoms with Crippen molar-refractivity contribution in [2.45, 2.75) is 32.8 Å². The lowest BCUT2D eigenvalue weighted by Crippen LogP contribution is -2.36. The van der Waals surface area contributed by atoms with Crippen molar-refractivity contribution >= 4 is 11.7 Å². The lowest BCUT2D eigenvalue weighted by molar-refractivity contribution is -0.130. The van der Waals surface area contributed by atoms with Gasteiger partial charge in [0.1, 0.15) is 5.84 Å². The number of amides is 1. The number of carbonyl (C=O) groups excluding carboxylic acids is 1. The maximum Gasteiger partial charge on any atom is 0.222 e. The van der Waals surface area contributed by atoms with Crippen LogP contribution >= 0.6 is 0 Å². The molecule has 0 saturated carbocycles. The van der Waals surface area contributed by atoms with Crippen LogP contribution in [0.2, 0.25) is 0 Å². The quantitative estimate of drug-likeness (QED) is 0.298. The number of oxime groups is 1. The molecule has 0 heterocycles. The van der Waals surface area contributed by atoms with Crippen LogP contribution in [0.4, 0.5) is 0 Å². The third-order valence-electron chi connectivity index (χ3n) is 2.76. The largest absolute Gasteiger partial charge is 0.409 e. The van der Waals surface area contributed by atoms with Crippen LogP contribution in [0.15, 0.2) is 5.16 Å². The van der Waals surface area contributed by atoms with Gasteiger partial charge in [-0.05, 0) is 13.3 Å². The maximum absolute atomic E-state index is 11.7. The molecule has 2 unspecified atom stereocenters. The first-order valence-electron chi connectivity index (χ1n) is 5.66. The van der Waals surface area contributed by atoms with Gasteiger partial charge in [0.25, 0.3) is 0 Å². The zero-order chi connectivity index (χ0) is 13.4. The molecule has 0 saturated heterocycles. The minimum absolute atomic E-state index is 0.0338. The summed E-state index contributed by atoms with van der Waals surface area (Å²) in [5.41, 5.74) is 5.45. The van der Waals surface area contributed by atoms with Crippen LogP contribution in [0.1, 0.15) is 26.7 Å². The van der Waals surface area contributed by atoms with Gasteiger partial charge >= 0.3 is 0 Å². The summed E-state index contributed by atoms with van der Waals surface area (Å²) in [6.07, 6.45) is 1.21. The van der Waals surface area contributed by atoms with E-state index in [4.69, 9.17) is 15.7 Å². The number of hydrogen-bond acceptors (Lipinski definition) is 4. The van der Waals surface area contributed by atoms with Crippen LogP contribution in [0.5, 0.6) is 0 Å². The number of hydrogen-bond donors (Lipinski definition) is 2. The van der Waals surface area contributed by atoms with Gasteiger partial charge in [0, 0.05) is 33.0 Å². The van der Waals surface area contributed by atoms with Gasteiger partial charge in [0.05, 0.1) is 6.10 Å². The number of rotatable bonds is 7.